The van der Waals surface area contributed by atoms with Crippen molar-refractivity contribution in [2.75, 3.05) is 18.0 Å². The molecule has 1 aliphatic heterocycles. The number of benzene rings is 2. The largest absolute Gasteiger partial charge is 0.369 e. The van der Waals surface area contributed by atoms with Crippen LogP contribution in [-0.2, 0) is 16.9 Å². The molecule has 0 radical (unpaired) electrons. The van der Waals surface area contributed by atoms with E-state index in [0.717, 1.165) is 31.5 Å². The van der Waals surface area contributed by atoms with Gasteiger partial charge in [0.1, 0.15) is 10.7 Å². The summed E-state index contributed by atoms with van der Waals surface area (Å²) in [5, 5.41) is 0.0691. The minimum Gasteiger partial charge on any atom is -0.369 e. The predicted molar refractivity (Wildman–Crippen MR) is 121 cm³/mol. The lowest BCUT2D eigenvalue weighted by molar-refractivity contribution is 0.442. The number of fused-ring (bicyclic) bond motifs is 1. The number of aromatic nitrogens is 1. The Morgan fingerprint density at radius 2 is 1.84 bits per heavy atom. The number of sulfone groups is 1. The summed E-state index contributed by atoms with van der Waals surface area (Å²) in [5.74, 6) is -0.0299. The molecule has 0 N–H and O–H groups in total. The summed E-state index contributed by atoms with van der Waals surface area (Å²) in [5.41, 5.74) is 1.80. The maximum Gasteiger partial charge on any atom is 0.212 e. The van der Waals surface area contributed by atoms with E-state index in [1.165, 1.54) is 18.3 Å². The maximum absolute atomic E-state index is 15.1. The topological polar surface area (TPSA) is 59.4 Å². The number of anilines is 1. The van der Waals surface area contributed by atoms with Gasteiger partial charge in [-0.05, 0) is 56.4 Å². The van der Waals surface area contributed by atoms with Crippen LogP contribution in [0.5, 0.6) is 0 Å². The minimum absolute atomic E-state index is 0.0691. The van der Waals surface area contributed by atoms with Gasteiger partial charge >= 0.3 is 0 Å². The summed E-state index contributed by atoms with van der Waals surface area (Å²) in [7, 11) is -2.36. The van der Waals surface area contributed by atoms with Gasteiger partial charge in [0.25, 0.3) is 0 Å². The van der Waals surface area contributed by atoms with Gasteiger partial charge in [-0.15, -0.1) is 0 Å². The summed E-state index contributed by atoms with van der Waals surface area (Å²) in [6, 6.07) is 7.84. The van der Waals surface area contributed by atoms with E-state index in [1.54, 1.807) is 36.7 Å². The molecular weight excluding hydrogens is 415 g/mol. The van der Waals surface area contributed by atoms with Crippen LogP contribution in [0, 0.1) is 25.6 Å². The molecule has 0 saturated carbocycles. The molecule has 0 unspecified atom stereocenters. The fraction of sp³-hybridized carbons (Fsp3) is 0.375. The van der Waals surface area contributed by atoms with Gasteiger partial charge in [-0.25, -0.2) is 12.8 Å². The molecule has 0 bridgehead atoms. The van der Waals surface area contributed by atoms with Gasteiger partial charge in [0, 0.05) is 26.3 Å². The van der Waals surface area contributed by atoms with Gasteiger partial charge in [0.05, 0.1) is 21.5 Å². The number of hydrogen-bond donors (Lipinski definition) is 0. The molecule has 0 aliphatic carbocycles. The molecule has 4 rings (SSSR count). The molecule has 5 nitrogen and oxygen atoms in total. The lowest BCUT2D eigenvalue weighted by Crippen LogP contribution is -2.35. The first-order valence-corrected chi connectivity index (χ1v) is 12.0. The first-order chi connectivity index (χ1) is 14.6. The zero-order chi connectivity index (χ0) is 22.5. The van der Waals surface area contributed by atoms with Crippen molar-refractivity contribution >= 4 is 26.4 Å². The molecule has 2 aromatic carbocycles. The highest BCUT2D eigenvalue weighted by molar-refractivity contribution is 7.91. The Labute approximate surface area is 182 Å². The molecule has 1 atom stereocenters. The molecule has 1 fully saturated rings. The van der Waals surface area contributed by atoms with Crippen LogP contribution in [0.25, 0.3) is 10.9 Å². The summed E-state index contributed by atoms with van der Waals surface area (Å²) in [6.07, 6.45) is 3.45. The first kappa shape index (κ1) is 21.6. The zero-order valence-corrected chi connectivity index (χ0v) is 19.1. The molecule has 3 aromatic rings. The van der Waals surface area contributed by atoms with Crippen molar-refractivity contribution in [3.05, 3.63) is 63.7 Å². The molecule has 0 amide bonds. The van der Waals surface area contributed by atoms with E-state index in [0.29, 0.717) is 22.7 Å². The number of aryl methyl sites for hydroxylation is 3. The summed E-state index contributed by atoms with van der Waals surface area (Å²) in [6.45, 7) is 7.25. The van der Waals surface area contributed by atoms with E-state index in [1.807, 2.05) is 11.8 Å². The van der Waals surface area contributed by atoms with E-state index >= 15 is 4.39 Å². The van der Waals surface area contributed by atoms with Crippen molar-refractivity contribution in [1.29, 1.82) is 0 Å². The van der Waals surface area contributed by atoms with Crippen molar-refractivity contribution in [1.82, 2.24) is 4.57 Å². The fourth-order valence-corrected chi connectivity index (χ4v) is 6.14. The van der Waals surface area contributed by atoms with Crippen LogP contribution in [0.1, 0.15) is 30.9 Å². The predicted octanol–water partition coefficient (Wildman–Crippen LogP) is 4.36. The highest BCUT2D eigenvalue weighted by atomic mass is 32.2. The van der Waals surface area contributed by atoms with E-state index in [-0.39, 0.29) is 15.2 Å². The summed E-state index contributed by atoms with van der Waals surface area (Å²) in [4.78, 5) is 15.0. The third kappa shape index (κ3) is 3.76. The van der Waals surface area contributed by atoms with Crippen LogP contribution in [0.2, 0.25) is 0 Å². The van der Waals surface area contributed by atoms with Crippen LogP contribution < -0.4 is 10.3 Å². The van der Waals surface area contributed by atoms with Crippen molar-refractivity contribution in [3.8, 4) is 0 Å². The third-order valence-corrected chi connectivity index (χ3v) is 8.04. The van der Waals surface area contributed by atoms with E-state index in [9.17, 15) is 13.2 Å². The molecule has 1 saturated heterocycles. The number of pyridine rings is 1. The smallest absolute Gasteiger partial charge is 0.212 e. The summed E-state index contributed by atoms with van der Waals surface area (Å²) >= 11 is 0. The van der Waals surface area contributed by atoms with E-state index in [4.69, 9.17) is 0 Å². The van der Waals surface area contributed by atoms with E-state index < -0.39 is 21.1 Å². The van der Waals surface area contributed by atoms with Crippen LogP contribution in [-0.4, -0.2) is 26.1 Å². The van der Waals surface area contributed by atoms with Gasteiger partial charge in [0.15, 0.2) is 0 Å². The van der Waals surface area contributed by atoms with Crippen LogP contribution >= 0.6 is 0 Å². The Kier molecular flexibility index (Phi) is 5.41. The number of hydrogen-bond acceptors (Lipinski definition) is 4. The normalized spacial score (nSPS) is 17.3. The number of nitrogens with zero attached hydrogens (tertiary/aromatic N) is 2. The highest BCUT2D eigenvalue weighted by Crippen LogP contribution is 2.30. The van der Waals surface area contributed by atoms with Crippen LogP contribution in [0.3, 0.4) is 0 Å². The maximum atomic E-state index is 15.1. The Morgan fingerprint density at radius 1 is 1.10 bits per heavy atom. The van der Waals surface area contributed by atoms with Crippen LogP contribution in [0.4, 0.5) is 10.1 Å². The standard InChI is InChI=1S/C24H27FN2O3S/c1-15-7-8-22(17(3)10-15)31(29,30)23-14-26(4)20-12-21(19(25)11-18(20)24(23)28)27-9-5-6-16(2)13-27/h7-8,10-12,14,16H,5-6,9,13H2,1-4H3/t16-/m1/s1. The Morgan fingerprint density at radius 3 is 2.52 bits per heavy atom. The van der Waals surface area contributed by atoms with Gasteiger partial charge in [0.2, 0.25) is 15.3 Å². The third-order valence-electron chi connectivity index (χ3n) is 6.13. The zero-order valence-electron chi connectivity index (χ0n) is 18.3. The van der Waals surface area contributed by atoms with Gasteiger partial charge < -0.3 is 9.47 Å². The molecule has 1 aromatic heterocycles. The second kappa shape index (κ2) is 7.79. The molecule has 2 heterocycles. The monoisotopic (exact) mass is 442 g/mol. The molecule has 31 heavy (non-hydrogen) atoms. The second-order valence-corrected chi connectivity index (χ2v) is 10.6. The van der Waals surface area contributed by atoms with Gasteiger partial charge in [-0.1, -0.05) is 24.6 Å². The van der Waals surface area contributed by atoms with Crippen molar-refractivity contribution in [2.45, 2.75) is 43.4 Å². The number of piperidine rings is 1. The first-order valence-electron chi connectivity index (χ1n) is 10.5. The second-order valence-electron chi connectivity index (χ2n) is 8.72. The molecular formula is C24H27FN2O3S. The van der Waals surface area contributed by atoms with Crippen LogP contribution in [0.15, 0.2) is 51.1 Å². The average Bonchev–Trinajstić information content (AvgIpc) is 2.70. The van der Waals surface area contributed by atoms with Crippen molar-refractivity contribution in [2.24, 2.45) is 13.0 Å². The number of halogens is 1. The Hall–Kier alpha value is -2.67. The molecule has 164 valence electrons. The van der Waals surface area contributed by atoms with E-state index in [2.05, 4.69) is 6.92 Å². The molecule has 7 heteroatoms. The quantitative estimate of drug-likeness (QED) is 0.605. The summed E-state index contributed by atoms with van der Waals surface area (Å²) < 4.78 is 43.3. The Bertz CT molecular complexity index is 1350. The molecule has 1 aliphatic rings. The SMILES string of the molecule is Cc1ccc(S(=O)(=O)c2cn(C)c3cc(N4CCC[C@@H](C)C4)c(F)cc3c2=O)c(C)c1. The number of rotatable bonds is 3. The van der Waals surface area contributed by atoms with Crippen molar-refractivity contribution < 1.29 is 12.8 Å². The van der Waals surface area contributed by atoms with Crippen molar-refractivity contribution in [3.63, 3.8) is 0 Å². The van der Waals surface area contributed by atoms with Gasteiger partial charge in [-0.3, -0.25) is 4.79 Å². The highest BCUT2D eigenvalue weighted by Gasteiger charge is 2.26. The Balaban J connectivity index is 1.89. The van der Waals surface area contributed by atoms with Gasteiger partial charge in [-0.2, -0.15) is 0 Å². The lowest BCUT2D eigenvalue weighted by atomic mass is 9.99. The lowest BCUT2D eigenvalue weighted by Gasteiger charge is -2.33. The minimum atomic E-state index is -4.05. The fourth-order valence-electron chi connectivity index (χ4n) is 4.52. The average molecular weight is 443 g/mol. The molecule has 0 spiro atoms.